The van der Waals surface area contributed by atoms with Gasteiger partial charge in [0.2, 0.25) is 0 Å². The van der Waals surface area contributed by atoms with E-state index >= 15 is 0 Å². The minimum absolute atomic E-state index is 0.144. The molecule has 1 aromatic carbocycles. The van der Waals surface area contributed by atoms with Crippen LogP contribution >= 0.6 is 0 Å². The van der Waals surface area contributed by atoms with Crippen LogP contribution in [0.4, 0.5) is 4.79 Å². The average molecular weight is 416 g/mol. The van der Waals surface area contributed by atoms with Gasteiger partial charge in [0, 0.05) is 5.92 Å². The van der Waals surface area contributed by atoms with E-state index in [2.05, 4.69) is 44.8 Å². The number of carbonyl (C=O) groups is 2. The second-order valence-electron chi connectivity index (χ2n) is 9.95. The summed E-state index contributed by atoms with van der Waals surface area (Å²) in [4.78, 5) is 25.0. The lowest BCUT2D eigenvalue weighted by molar-refractivity contribution is -0.157. The van der Waals surface area contributed by atoms with Crippen LogP contribution in [0.25, 0.3) is 0 Å². The Hall–Kier alpha value is -2.30. The summed E-state index contributed by atoms with van der Waals surface area (Å²) in [6.07, 6.45) is 3.40. The van der Waals surface area contributed by atoms with Crippen LogP contribution < -0.4 is 5.32 Å². The van der Waals surface area contributed by atoms with Crippen molar-refractivity contribution in [3.05, 3.63) is 48.6 Å². The van der Waals surface area contributed by atoms with Crippen molar-refractivity contribution >= 4 is 12.1 Å². The summed E-state index contributed by atoms with van der Waals surface area (Å²) in [5.41, 5.74) is 0.440. The summed E-state index contributed by atoms with van der Waals surface area (Å²) in [7, 11) is 0. The summed E-state index contributed by atoms with van der Waals surface area (Å²) in [5.74, 6) is 0.169. The van der Waals surface area contributed by atoms with Crippen molar-refractivity contribution in [2.24, 2.45) is 11.8 Å². The number of nitrogens with one attached hydrogen (secondary N) is 1. The van der Waals surface area contributed by atoms with Crippen LogP contribution in [0.5, 0.6) is 0 Å². The monoisotopic (exact) mass is 415 g/mol. The quantitative estimate of drug-likeness (QED) is 0.500. The fraction of sp³-hybridized carbons (Fsp3) is 0.600. The highest BCUT2D eigenvalue weighted by atomic mass is 16.6. The smallest absolute Gasteiger partial charge is 0.408 e. The van der Waals surface area contributed by atoms with Crippen molar-refractivity contribution in [3.8, 4) is 0 Å². The first-order chi connectivity index (χ1) is 13.9. The first-order valence-corrected chi connectivity index (χ1v) is 10.8. The summed E-state index contributed by atoms with van der Waals surface area (Å²) in [5, 5.41) is 2.56. The lowest BCUT2D eigenvalue weighted by Gasteiger charge is -2.44. The normalized spacial score (nSPS) is 23.2. The number of carbonyl (C=O) groups excluding carboxylic acids is 2. The van der Waals surface area contributed by atoms with E-state index < -0.39 is 23.7 Å². The zero-order chi connectivity index (χ0) is 22.5. The topological polar surface area (TPSA) is 64.6 Å². The Morgan fingerprint density at radius 2 is 1.77 bits per heavy atom. The maximum absolute atomic E-state index is 12.9. The minimum Gasteiger partial charge on any atom is -0.460 e. The van der Waals surface area contributed by atoms with E-state index in [0.717, 1.165) is 19.3 Å². The molecule has 0 bridgehead atoms. The third-order valence-corrected chi connectivity index (χ3v) is 5.93. The molecule has 1 fully saturated rings. The second-order valence-corrected chi connectivity index (χ2v) is 9.95. The lowest BCUT2D eigenvalue weighted by atomic mass is 9.64. The Morgan fingerprint density at radius 3 is 2.33 bits per heavy atom. The Bertz CT molecular complexity index is 735. The second kappa shape index (κ2) is 9.67. The Kier molecular flexibility index (Phi) is 7.73. The van der Waals surface area contributed by atoms with Crippen molar-refractivity contribution in [2.45, 2.75) is 84.0 Å². The number of rotatable bonds is 6. The zero-order valence-corrected chi connectivity index (χ0v) is 19.2. The number of amides is 1. The fourth-order valence-corrected chi connectivity index (χ4v) is 4.24. The molecule has 30 heavy (non-hydrogen) atoms. The van der Waals surface area contributed by atoms with Gasteiger partial charge in [0.25, 0.3) is 0 Å². The van der Waals surface area contributed by atoms with Gasteiger partial charge in [-0.1, -0.05) is 63.6 Å². The summed E-state index contributed by atoms with van der Waals surface area (Å²) in [6, 6.07) is 9.42. The lowest BCUT2D eigenvalue weighted by Crippen LogP contribution is -2.48. The van der Waals surface area contributed by atoms with E-state index in [0.29, 0.717) is 5.92 Å². The molecular formula is C25H37NO4. The van der Waals surface area contributed by atoms with Crippen LogP contribution in [-0.4, -0.2) is 29.8 Å². The van der Waals surface area contributed by atoms with Gasteiger partial charge in [0.05, 0.1) is 0 Å². The van der Waals surface area contributed by atoms with Crippen molar-refractivity contribution in [1.82, 2.24) is 5.32 Å². The van der Waals surface area contributed by atoms with Gasteiger partial charge in [-0.3, -0.25) is 0 Å². The van der Waals surface area contributed by atoms with E-state index in [1.807, 2.05) is 18.2 Å². The molecule has 1 aliphatic rings. The van der Waals surface area contributed by atoms with E-state index in [1.165, 1.54) is 11.6 Å². The van der Waals surface area contributed by atoms with Gasteiger partial charge in [-0.05, 0) is 50.5 Å². The number of esters is 1. The standard InChI is InChI=1S/C25H37NO4/c1-8-20(26-23(28)30-24(3,4)5)22(27)29-21-16-17(2)14-15-19(21)25(6,7)18-12-10-9-11-13-18/h8-13,17,19-21H,1,14-16H2,2-7H3,(H,26,28)/t17-,19-,20?,21-/m1/s1. The molecule has 166 valence electrons. The fourth-order valence-electron chi connectivity index (χ4n) is 4.24. The van der Waals surface area contributed by atoms with Crippen LogP contribution in [0, 0.1) is 11.8 Å². The van der Waals surface area contributed by atoms with Crippen molar-refractivity contribution < 1.29 is 19.1 Å². The van der Waals surface area contributed by atoms with Crippen molar-refractivity contribution in [1.29, 1.82) is 0 Å². The molecule has 0 spiro atoms. The predicted octanol–water partition coefficient (Wildman–Crippen LogP) is 5.39. The van der Waals surface area contributed by atoms with Crippen LogP contribution in [0.15, 0.2) is 43.0 Å². The largest absolute Gasteiger partial charge is 0.460 e. The first kappa shape index (κ1) is 24.0. The van der Waals surface area contributed by atoms with E-state index in [1.54, 1.807) is 20.8 Å². The van der Waals surface area contributed by atoms with Crippen molar-refractivity contribution in [3.63, 3.8) is 0 Å². The summed E-state index contributed by atoms with van der Waals surface area (Å²) in [6.45, 7) is 15.6. The number of alkyl carbamates (subject to hydrolysis) is 1. The first-order valence-electron chi connectivity index (χ1n) is 10.8. The Labute approximate surface area is 181 Å². The number of ether oxygens (including phenoxy) is 2. The maximum Gasteiger partial charge on any atom is 0.408 e. The molecule has 0 aromatic heterocycles. The van der Waals surface area contributed by atoms with Gasteiger partial charge in [0.15, 0.2) is 0 Å². The van der Waals surface area contributed by atoms with Gasteiger partial charge in [0.1, 0.15) is 17.7 Å². The van der Waals surface area contributed by atoms with Gasteiger partial charge < -0.3 is 14.8 Å². The Balaban J connectivity index is 2.14. The Morgan fingerprint density at radius 1 is 1.13 bits per heavy atom. The predicted molar refractivity (Wildman–Crippen MR) is 119 cm³/mol. The van der Waals surface area contributed by atoms with E-state index in [-0.39, 0.29) is 17.4 Å². The number of hydrogen-bond donors (Lipinski definition) is 1. The molecule has 1 unspecified atom stereocenters. The molecular weight excluding hydrogens is 378 g/mol. The van der Waals surface area contributed by atoms with Crippen LogP contribution in [0.1, 0.15) is 66.4 Å². The SMILES string of the molecule is C=CC(NC(=O)OC(C)(C)C)C(=O)O[C@@H]1C[C@H](C)CC[C@H]1C(C)(C)c1ccccc1. The molecule has 1 amide bonds. The van der Waals surface area contributed by atoms with Crippen LogP contribution in [0.3, 0.4) is 0 Å². The van der Waals surface area contributed by atoms with E-state index in [4.69, 9.17) is 9.47 Å². The molecule has 1 saturated carbocycles. The molecule has 0 heterocycles. The summed E-state index contributed by atoms with van der Waals surface area (Å²) >= 11 is 0. The molecule has 1 aliphatic carbocycles. The third kappa shape index (κ3) is 6.35. The molecule has 0 radical (unpaired) electrons. The molecule has 0 saturated heterocycles. The molecule has 0 aliphatic heterocycles. The number of benzene rings is 1. The van der Waals surface area contributed by atoms with Gasteiger partial charge in [-0.25, -0.2) is 9.59 Å². The minimum atomic E-state index is -0.947. The third-order valence-electron chi connectivity index (χ3n) is 5.93. The molecule has 1 aromatic rings. The molecule has 2 rings (SSSR count). The molecule has 1 N–H and O–H groups in total. The maximum atomic E-state index is 12.9. The number of hydrogen-bond acceptors (Lipinski definition) is 4. The van der Waals surface area contributed by atoms with E-state index in [9.17, 15) is 9.59 Å². The summed E-state index contributed by atoms with van der Waals surface area (Å²) < 4.78 is 11.2. The average Bonchev–Trinajstić information content (AvgIpc) is 2.65. The van der Waals surface area contributed by atoms with Gasteiger partial charge in [-0.2, -0.15) is 0 Å². The highest BCUT2D eigenvalue weighted by molar-refractivity contribution is 5.83. The van der Waals surface area contributed by atoms with Crippen LogP contribution in [0.2, 0.25) is 0 Å². The van der Waals surface area contributed by atoms with Crippen LogP contribution in [-0.2, 0) is 19.7 Å². The highest BCUT2D eigenvalue weighted by Gasteiger charge is 2.42. The van der Waals surface area contributed by atoms with Gasteiger partial charge in [-0.15, -0.1) is 6.58 Å². The van der Waals surface area contributed by atoms with Gasteiger partial charge >= 0.3 is 12.1 Å². The van der Waals surface area contributed by atoms with Crippen molar-refractivity contribution in [2.75, 3.05) is 0 Å². The molecule has 5 nitrogen and oxygen atoms in total. The zero-order valence-electron chi connectivity index (χ0n) is 19.2. The highest BCUT2D eigenvalue weighted by Crippen LogP contribution is 2.43. The molecule has 4 atom stereocenters. The molecule has 5 heteroatoms.